The lowest BCUT2D eigenvalue weighted by Crippen LogP contribution is -2.38. The summed E-state index contributed by atoms with van der Waals surface area (Å²) in [5.41, 5.74) is 3.60. The fraction of sp³-hybridized carbons (Fsp3) is 0.409. The van der Waals surface area contributed by atoms with Crippen LogP contribution in [0.2, 0.25) is 0 Å². The number of carbonyl (C=O) groups excluding carboxylic acids is 1. The van der Waals surface area contributed by atoms with Crippen molar-refractivity contribution in [2.24, 2.45) is 0 Å². The predicted molar refractivity (Wildman–Crippen MR) is 109 cm³/mol. The zero-order valence-corrected chi connectivity index (χ0v) is 16.2. The van der Waals surface area contributed by atoms with E-state index in [2.05, 4.69) is 39.4 Å². The average molecular weight is 367 g/mol. The van der Waals surface area contributed by atoms with Gasteiger partial charge in [0, 0.05) is 25.3 Å². The molecule has 144 valence electrons. The molecule has 5 nitrogen and oxygen atoms in total. The van der Waals surface area contributed by atoms with E-state index >= 15 is 0 Å². The molecule has 5 heteroatoms. The van der Waals surface area contributed by atoms with Crippen LogP contribution in [-0.4, -0.2) is 50.7 Å². The van der Waals surface area contributed by atoms with E-state index in [4.69, 9.17) is 4.74 Å². The summed E-state index contributed by atoms with van der Waals surface area (Å²) in [4.78, 5) is 16.9. The van der Waals surface area contributed by atoms with Gasteiger partial charge in [-0.25, -0.2) is 0 Å². The summed E-state index contributed by atoms with van der Waals surface area (Å²) in [7, 11) is 1.99. The highest BCUT2D eigenvalue weighted by molar-refractivity contribution is 5.78. The molecule has 0 aliphatic carbocycles. The number of nitrogens with one attached hydrogen (secondary N) is 1. The largest absolute Gasteiger partial charge is 0.378 e. The van der Waals surface area contributed by atoms with Crippen LogP contribution in [0.5, 0.6) is 0 Å². The van der Waals surface area contributed by atoms with Gasteiger partial charge < -0.3 is 15.0 Å². The molecule has 0 saturated carbocycles. The first kappa shape index (κ1) is 19.4. The Balaban J connectivity index is 1.56. The molecule has 0 unspecified atom stereocenters. The third-order valence-electron chi connectivity index (χ3n) is 4.87. The lowest BCUT2D eigenvalue weighted by atomic mass is 10.1. The predicted octanol–water partition coefficient (Wildman–Crippen LogP) is 2.83. The van der Waals surface area contributed by atoms with E-state index in [0.717, 1.165) is 38.4 Å². The Bertz CT molecular complexity index is 729. The molecule has 0 bridgehead atoms. The van der Waals surface area contributed by atoms with Crippen molar-refractivity contribution >= 4 is 11.6 Å². The van der Waals surface area contributed by atoms with Crippen molar-refractivity contribution < 1.29 is 9.53 Å². The number of benzene rings is 2. The summed E-state index contributed by atoms with van der Waals surface area (Å²) >= 11 is 0. The summed E-state index contributed by atoms with van der Waals surface area (Å²) in [6.45, 7) is 6.48. The lowest BCUT2D eigenvalue weighted by molar-refractivity contribution is -0.122. The van der Waals surface area contributed by atoms with Gasteiger partial charge in [0.25, 0.3) is 0 Å². The van der Waals surface area contributed by atoms with Gasteiger partial charge in [-0.3, -0.25) is 9.69 Å². The van der Waals surface area contributed by atoms with Crippen LogP contribution in [0.1, 0.15) is 24.1 Å². The Hall–Kier alpha value is -2.37. The van der Waals surface area contributed by atoms with Crippen molar-refractivity contribution in [2.45, 2.75) is 19.5 Å². The molecule has 0 spiro atoms. The maximum absolute atomic E-state index is 12.4. The highest BCUT2D eigenvalue weighted by Crippen LogP contribution is 2.22. The molecule has 1 aliphatic rings. The van der Waals surface area contributed by atoms with Crippen LogP contribution >= 0.6 is 0 Å². The highest BCUT2D eigenvalue weighted by Gasteiger charge is 2.16. The van der Waals surface area contributed by atoms with E-state index in [-0.39, 0.29) is 11.9 Å². The third kappa shape index (κ3) is 5.55. The van der Waals surface area contributed by atoms with Crippen molar-refractivity contribution in [1.29, 1.82) is 0 Å². The molecule has 2 aromatic carbocycles. The number of para-hydroxylation sites is 1. The zero-order chi connectivity index (χ0) is 19.1. The van der Waals surface area contributed by atoms with Crippen molar-refractivity contribution in [3.05, 3.63) is 65.7 Å². The molecule has 3 rings (SSSR count). The standard InChI is InChI=1S/C22H29N3O2/c1-18(19-8-4-3-5-9-19)23-22(26)17-24(2)16-20-10-6-7-11-21(20)25-12-14-27-15-13-25/h3-11,18H,12-17H2,1-2H3,(H,23,26)/t18-/m0/s1. The second-order valence-electron chi connectivity index (χ2n) is 7.10. The molecule has 1 atom stereocenters. The van der Waals surface area contributed by atoms with Gasteiger partial charge in [0.15, 0.2) is 0 Å². The monoisotopic (exact) mass is 367 g/mol. The van der Waals surface area contributed by atoms with Gasteiger partial charge in [-0.2, -0.15) is 0 Å². The van der Waals surface area contributed by atoms with Crippen LogP contribution in [0.25, 0.3) is 0 Å². The Kier molecular flexibility index (Phi) is 6.85. The SMILES string of the molecule is C[C@H](NC(=O)CN(C)Cc1ccccc1N1CCOCC1)c1ccccc1. The summed E-state index contributed by atoms with van der Waals surface area (Å²) in [6, 6.07) is 18.5. The van der Waals surface area contributed by atoms with E-state index < -0.39 is 0 Å². The molecule has 1 amide bonds. The minimum atomic E-state index is 0.00716. The van der Waals surface area contributed by atoms with Crippen molar-refractivity contribution in [3.8, 4) is 0 Å². The number of amides is 1. The number of carbonyl (C=O) groups is 1. The van der Waals surface area contributed by atoms with Gasteiger partial charge in [-0.05, 0) is 31.2 Å². The number of likely N-dealkylation sites (N-methyl/N-ethyl adjacent to an activating group) is 1. The Morgan fingerprint density at radius 3 is 2.52 bits per heavy atom. The molecule has 1 N–H and O–H groups in total. The quantitative estimate of drug-likeness (QED) is 0.817. The Morgan fingerprint density at radius 1 is 1.11 bits per heavy atom. The number of rotatable bonds is 7. The molecule has 2 aromatic rings. The molecule has 1 heterocycles. The number of hydrogen-bond donors (Lipinski definition) is 1. The van der Waals surface area contributed by atoms with Crippen LogP contribution in [0.15, 0.2) is 54.6 Å². The molecule has 1 fully saturated rings. The molecule has 27 heavy (non-hydrogen) atoms. The van der Waals surface area contributed by atoms with E-state index in [1.54, 1.807) is 0 Å². The first-order valence-electron chi connectivity index (χ1n) is 9.57. The minimum absolute atomic E-state index is 0.00716. The smallest absolute Gasteiger partial charge is 0.234 e. The maximum atomic E-state index is 12.4. The van der Waals surface area contributed by atoms with E-state index in [1.165, 1.54) is 11.3 Å². The lowest BCUT2D eigenvalue weighted by Gasteiger charge is -2.31. The number of anilines is 1. The number of hydrogen-bond acceptors (Lipinski definition) is 4. The van der Waals surface area contributed by atoms with Gasteiger partial charge in [-0.1, -0.05) is 48.5 Å². The third-order valence-corrected chi connectivity index (χ3v) is 4.87. The average Bonchev–Trinajstić information content (AvgIpc) is 2.69. The van der Waals surface area contributed by atoms with Gasteiger partial charge in [0.05, 0.1) is 25.8 Å². The van der Waals surface area contributed by atoms with E-state index in [1.807, 2.05) is 44.3 Å². The van der Waals surface area contributed by atoms with Crippen molar-refractivity contribution in [3.63, 3.8) is 0 Å². The number of morpholine rings is 1. The Labute approximate surface area is 161 Å². The van der Waals surface area contributed by atoms with Crippen LogP contribution in [0.3, 0.4) is 0 Å². The van der Waals surface area contributed by atoms with Gasteiger partial charge in [-0.15, -0.1) is 0 Å². The highest BCUT2D eigenvalue weighted by atomic mass is 16.5. The van der Waals surface area contributed by atoms with Crippen LogP contribution in [-0.2, 0) is 16.1 Å². The molecule has 0 radical (unpaired) electrons. The van der Waals surface area contributed by atoms with Gasteiger partial charge >= 0.3 is 0 Å². The molecular formula is C22H29N3O2. The fourth-order valence-electron chi connectivity index (χ4n) is 3.46. The molecule has 1 aliphatic heterocycles. The summed E-state index contributed by atoms with van der Waals surface area (Å²) in [6.07, 6.45) is 0. The maximum Gasteiger partial charge on any atom is 0.234 e. The first-order valence-corrected chi connectivity index (χ1v) is 9.57. The second-order valence-corrected chi connectivity index (χ2v) is 7.10. The van der Waals surface area contributed by atoms with E-state index in [9.17, 15) is 4.79 Å². The molecular weight excluding hydrogens is 338 g/mol. The Morgan fingerprint density at radius 2 is 1.78 bits per heavy atom. The summed E-state index contributed by atoms with van der Waals surface area (Å²) < 4.78 is 5.46. The molecule has 1 saturated heterocycles. The van der Waals surface area contributed by atoms with Crippen molar-refractivity contribution in [1.82, 2.24) is 10.2 Å². The minimum Gasteiger partial charge on any atom is -0.378 e. The molecule has 0 aromatic heterocycles. The first-order chi connectivity index (χ1) is 13.1. The second kappa shape index (κ2) is 9.53. The van der Waals surface area contributed by atoms with Gasteiger partial charge in [0.1, 0.15) is 0 Å². The topological polar surface area (TPSA) is 44.8 Å². The fourth-order valence-corrected chi connectivity index (χ4v) is 3.46. The van der Waals surface area contributed by atoms with Crippen LogP contribution in [0, 0.1) is 0 Å². The van der Waals surface area contributed by atoms with E-state index in [0.29, 0.717) is 6.54 Å². The van der Waals surface area contributed by atoms with Crippen LogP contribution in [0.4, 0.5) is 5.69 Å². The van der Waals surface area contributed by atoms with Gasteiger partial charge in [0.2, 0.25) is 5.91 Å². The summed E-state index contributed by atoms with van der Waals surface area (Å²) in [5, 5.41) is 3.08. The van der Waals surface area contributed by atoms with Crippen molar-refractivity contribution in [2.75, 3.05) is 44.8 Å². The summed E-state index contributed by atoms with van der Waals surface area (Å²) in [5.74, 6) is 0.0395. The number of nitrogens with zero attached hydrogens (tertiary/aromatic N) is 2. The zero-order valence-electron chi connectivity index (χ0n) is 16.2. The number of ether oxygens (including phenoxy) is 1. The van der Waals surface area contributed by atoms with Crippen LogP contribution < -0.4 is 10.2 Å². The normalized spacial score (nSPS) is 15.6.